The molecular formula is C24H29ClN4O4S2. The van der Waals surface area contributed by atoms with Gasteiger partial charge in [-0.3, -0.25) is 4.99 Å². The third-order valence-corrected chi connectivity index (χ3v) is 7.20. The highest BCUT2D eigenvalue weighted by Gasteiger charge is 2.06. The number of hydrazone groups is 1. The smallest absolute Gasteiger partial charge is 0.212 e. The number of hydrogen-bond donors (Lipinski definition) is 2. The van der Waals surface area contributed by atoms with E-state index in [-0.39, 0.29) is 22.2 Å². The lowest BCUT2D eigenvalue weighted by molar-refractivity contribution is 0.600. The van der Waals surface area contributed by atoms with Crippen LogP contribution in [0, 0.1) is 0 Å². The van der Waals surface area contributed by atoms with E-state index in [0.717, 1.165) is 37.1 Å². The SMILES string of the molecule is CS(=O)(=O)c1ccc(C=CC(C=Cc2ccc(S(C)(=O)=O)cc2)=NNC2=NCCCCN2)cc1.Cl. The zero-order valence-electron chi connectivity index (χ0n) is 19.5. The number of nitrogens with one attached hydrogen (secondary N) is 2. The molecule has 35 heavy (non-hydrogen) atoms. The summed E-state index contributed by atoms with van der Waals surface area (Å²) in [6, 6.07) is 13.2. The van der Waals surface area contributed by atoms with E-state index in [1.54, 1.807) is 60.7 Å². The molecule has 1 heterocycles. The molecule has 2 aromatic rings. The molecule has 0 saturated carbocycles. The van der Waals surface area contributed by atoms with Crippen molar-refractivity contribution < 1.29 is 16.8 Å². The zero-order chi connectivity index (χ0) is 24.6. The fourth-order valence-electron chi connectivity index (χ4n) is 3.03. The molecule has 188 valence electrons. The fourth-order valence-corrected chi connectivity index (χ4v) is 4.29. The predicted molar refractivity (Wildman–Crippen MR) is 145 cm³/mol. The van der Waals surface area contributed by atoms with Gasteiger partial charge in [-0.05, 0) is 60.4 Å². The molecule has 0 spiro atoms. The Balaban J connectivity index is 0.00000432. The number of nitrogens with zero attached hydrogens (tertiary/aromatic N) is 2. The van der Waals surface area contributed by atoms with Gasteiger partial charge in [0.25, 0.3) is 0 Å². The molecule has 0 atom stereocenters. The molecule has 3 rings (SSSR count). The van der Waals surface area contributed by atoms with Crippen molar-refractivity contribution >= 4 is 55.9 Å². The van der Waals surface area contributed by atoms with E-state index in [0.29, 0.717) is 11.7 Å². The van der Waals surface area contributed by atoms with Gasteiger partial charge in [0.2, 0.25) is 5.96 Å². The number of rotatable bonds is 7. The van der Waals surface area contributed by atoms with E-state index in [1.807, 2.05) is 12.2 Å². The van der Waals surface area contributed by atoms with Gasteiger partial charge >= 0.3 is 0 Å². The van der Waals surface area contributed by atoms with Gasteiger partial charge in [0.1, 0.15) is 0 Å². The van der Waals surface area contributed by atoms with E-state index >= 15 is 0 Å². The van der Waals surface area contributed by atoms with Crippen molar-refractivity contribution in [3.8, 4) is 0 Å². The number of allylic oxidation sites excluding steroid dienone is 2. The number of halogens is 1. The van der Waals surface area contributed by atoms with Gasteiger partial charge in [0, 0.05) is 25.6 Å². The van der Waals surface area contributed by atoms with Crippen molar-refractivity contribution in [2.45, 2.75) is 22.6 Å². The van der Waals surface area contributed by atoms with Crippen molar-refractivity contribution in [2.24, 2.45) is 10.1 Å². The lowest BCUT2D eigenvalue weighted by atomic mass is 10.1. The fraction of sp³-hybridized carbons (Fsp3) is 0.250. The standard InChI is InChI=1S/C24H28N4O4S2.ClH/c1-33(29,30)22-13-7-19(8-14-22)5-11-21(27-28-24-25-17-3-4-18-26-24)12-6-20-9-15-23(16-10-20)34(2,31)32;/h5-16H,3-4,17-18H2,1-2H3,(H2,25,26,28);1H. The van der Waals surface area contributed by atoms with E-state index in [2.05, 4.69) is 20.8 Å². The summed E-state index contributed by atoms with van der Waals surface area (Å²) in [5.74, 6) is 0.604. The molecule has 1 aliphatic rings. The quantitative estimate of drug-likeness (QED) is 0.414. The Morgan fingerprint density at radius 1 is 0.857 bits per heavy atom. The molecule has 0 aliphatic carbocycles. The average Bonchev–Trinajstić information content (AvgIpc) is 3.07. The van der Waals surface area contributed by atoms with Crippen molar-refractivity contribution in [2.75, 3.05) is 25.6 Å². The summed E-state index contributed by atoms with van der Waals surface area (Å²) in [5, 5.41) is 7.64. The van der Waals surface area contributed by atoms with E-state index in [9.17, 15) is 16.8 Å². The molecule has 8 nitrogen and oxygen atoms in total. The van der Waals surface area contributed by atoms with Gasteiger partial charge in [0.05, 0.1) is 15.5 Å². The number of hydrogen-bond acceptors (Lipinski definition) is 8. The minimum atomic E-state index is -3.25. The largest absolute Gasteiger partial charge is 0.355 e. The van der Waals surface area contributed by atoms with Crippen LogP contribution in [0.5, 0.6) is 0 Å². The Kier molecular flexibility index (Phi) is 10.2. The van der Waals surface area contributed by atoms with Crippen LogP contribution < -0.4 is 10.7 Å². The maximum Gasteiger partial charge on any atom is 0.212 e. The minimum absolute atomic E-state index is 0. The highest BCUT2D eigenvalue weighted by Crippen LogP contribution is 2.13. The van der Waals surface area contributed by atoms with Crippen molar-refractivity contribution in [3.63, 3.8) is 0 Å². The number of benzene rings is 2. The maximum absolute atomic E-state index is 11.7. The normalized spacial score (nSPS) is 14.5. The van der Waals surface area contributed by atoms with Crippen LogP contribution in [-0.4, -0.2) is 54.1 Å². The Bertz CT molecular complexity index is 1240. The van der Waals surface area contributed by atoms with Gasteiger partial charge in [-0.25, -0.2) is 22.3 Å². The summed E-state index contributed by atoms with van der Waals surface area (Å²) in [6.07, 6.45) is 11.6. The third kappa shape index (κ3) is 9.31. The first kappa shape index (κ1) is 28.3. The average molecular weight is 537 g/mol. The molecule has 0 radical (unpaired) electrons. The molecule has 2 N–H and O–H groups in total. The third-order valence-electron chi connectivity index (χ3n) is 4.95. The van der Waals surface area contributed by atoms with Crippen LogP contribution in [0.25, 0.3) is 12.2 Å². The highest BCUT2D eigenvalue weighted by atomic mass is 35.5. The maximum atomic E-state index is 11.7. The lowest BCUT2D eigenvalue weighted by Gasteiger charge is -2.06. The lowest BCUT2D eigenvalue weighted by Crippen LogP contribution is -2.34. The molecule has 0 bridgehead atoms. The van der Waals surface area contributed by atoms with E-state index in [4.69, 9.17) is 0 Å². The molecule has 0 saturated heterocycles. The molecule has 0 amide bonds. The van der Waals surface area contributed by atoms with Crippen molar-refractivity contribution in [1.29, 1.82) is 0 Å². The van der Waals surface area contributed by atoms with Gasteiger partial charge in [-0.15, -0.1) is 12.4 Å². The van der Waals surface area contributed by atoms with Crippen LogP contribution in [0.3, 0.4) is 0 Å². The molecule has 0 aromatic heterocycles. The van der Waals surface area contributed by atoms with Crippen LogP contribution >= 0.6 is 12.4 Å². The van der Waals surface area contributed by atoms with Crippen molar-refractivity contribution in [3.05, 3.63) is 71.8 Å². The topological polar surface area (TPSA) is 117 Å². The first-order chi connectivity index (χ1) is 16.1. The molecular weight excluding hydrogens is 508 g/mol. The van der Waals surface area contributed by atoms with Crippen LogP contribution in [-0.2, 0) is 19.7 Å². The molecule has 11 heteroatoms. The summed E-state index contributed by atoms with van der Waals surface area (Å²) in [6.45, 7) is 1.55. The second-order valence-corrected chi connectivity index (χ2v) is 11.9. The molecule has 2 aromatic carbocycles. The van der Waals surface area contributed by atoms with Gasteiger partial charge in [-0.2, -0.15) is 5.10 Å². The molecule has 1 aliphatic heterocycles. The zero-order valence-corrected chi connectivity index (χ0v) is 22.0. The van der Waals surface area contributed by atoms with Gasteiger partial charge < -0.3 is 5.32 Å². The Hall–Kier alpha value is -2.95. The molecule has 0 unspecified atom stereocenters. The minimum Gasteiger partial charge on any atom is -0.355 e. The number of sulfone groups is 2. The van der Waals surface area contributed by atoms with Crippen LogP contribution in [0.15, 0.2) is 80.6 Å². The second-order valence-electron chi connectivity index (χ2n) is 7.86. The van der Waals surface area contributed by atoms with Crippen molar-refractivity contribution in [1.82, 2.24) is 10.7 Å². The number of aliphatic imine (C=N–C) groups is 1. The summed E-state index contributed by atoms with van der Waals surface area (Å²) in [5.41, 5.74) is 5.18. The monoisotopic (exact) mass is 536 g/mol. The second kappa shape index (κ2) is 12.7. The Morgan fingerprint density at radius 3 is 1.80 bits per heavy atom. The summed E-state index contributed by atoms with van der Waals surface area (Å²) in [4.78, 5) is 4.94. The summed E-state index contributed by atoms with van der Waals surface area (Å²) >= 11 is 0. The van der Waals surface area contributed by atoms with Crippen LogP contribution in [0.2, 0.25) is 0 Å². The van der Waals surface area contributed by atoms with Crippen LogP contribution in [0.1, 0.15) is 24.0 Å². The van der Waals surface area contributed by atoms with Gasteiger partial charge in [0.15, 0.2) is 19.7 Å². The summed E-state index contributed by atoms with van der Waals surface area (Å²) < 4.78 is 46.6. The summed E-state index contributed by atoms with van der Waals surface area (Å²) in [7, 11) is -6.51. The Morgan fingerprint density at radius 2 is 1.34 bits per heavy atom. The van der Waals surface area contributed by atoms with Gasteiger partial charge in [-0.1, -0.05) is 36.4 Å². The highest BCUT2D eigenvalue weighted by molar-refractivity contribution is 7.91. The first-order valence-electron chi connectivity index (χ1n) is 10.7. The first-order valence-corrected chi connectivity index (χ1v) is 14.5. The predicted octanol–water partition coefficient (Wildman–Crippen LogP) is 3.33. The number of guanidine groups is 1. The van der Waals surface area contributed by atoms with Crippen LogP contribution in [0.4, 0.5) is 0 Å². The molecule has 0 fully saturated rings. The van der Waals surface area contributed by atoms with E-state index < -0.39 is 19.7 Å². The Labute approximate surface area is 213 Å². The van der Waals surface area contributed by atoms with E-state index in [1.165, 1.54) is 12.5 Å².